The third kappa shape index (κ3) is 3.85. The van der Waals surface area contributed by atoms with Crippen molar-refractivity contribution in [1.82, 2.24) is 5.32 Å². The van der Waals surface area contributed by atoms with E-state index in [1.54, 1.807) is 0 Å². The second-order valence-corrected chi connectivity index (χ2v) is 6.72. The molecule has 1 amide bonds. The Morgan fingerprint density at radius 2 is 1.87 bits per heavy atom. The van der Waals surface area contributed by atoms with Crippen LogP contribution >= 0.6 is 11.6 Å². The Morgan fingerprint density at radius 3 is 2.48 bits per heavy atom. The molecule has 0 spiro atoms. The molecule has 1 saturated carbocycles. The first kappa shape index (κ1) is 15.9. The van der Waals surface area contributed by atoms with Crippen LogP contribution in [0.15, 0.2) is 48.5 Å². The Bertz CT molecular complexity index is 693. The minimum Gasteiger partial charge on any atom is -0.378 e. The van der Waals surface area contributed by atoms with Crippen LogP contribution in [0.5, 0.6) is 0 Å². The number of anilines is 1. The SMILES string of the molecule is CN(C)c1cccc(C(=O)N[C@@H](c2ccc(Cl)cc2)C2CC2)c1. The van der Waals surface area contributed by atoms with Gasteiger partial charge in [0.25, 0.3) is 5.91 Å². The van der Waals surface area contributed by atoms with Gasteiger partial charge in [-0.05, 0) is 54.7 Å². The second kappa shape index (κ2) is 6.63. The van der Waals surface area contributed by atoms with Crippen molar-refractivity contribution >= 4 is 23.2 Å². The summed E-state index contributed by atoms with van der Waals surface area (Å²) in [6.45, 7) is 0. The van der Waals surface area contributed by atoms with Crippen LogP contribution in [0, 0.1) is 5.92 Å². The van der Waals surface area contributed by atoms with Gasteiger partial charge in [-0.2, -0.15) is 0 Å². The molecule has 0 aromatic heterocycles. The zero-order valence-electron chi connectivity index (χ0n) is 13.4. The van der Waals surface area contributed by atoms with Crippen LogP contribution in [0.25, 0.3) is 0 Å². The quantitative estimate of drug-likeness (QED) is 0.888. The Balaban J connectivity index is 1.79. The van der Waals surface area contributed by atoms with Crippen LogP contribution in [-0.2, 0) is 0 Å². The van der Waals surface area contributed by atoms with Crippen molar-refractivity contribution in [3.05, 3.63) is 64.7 Å². The van der Waals surface area contributed by atoms with Gasteiger partial charge in [-0.25, -0.2) is 0 Å². The minimum absolute atomic E-state index is 0.0273. The lowest BCUT2D eigenvalue weighted by atomic mass is 10.0. The van der Waals surface area contributed by atoms with E-state index in [9.17, 15) is 4.79 Å². The third-order valence-corrected chi connectivity index (χ3v) is 4.49. The fourth-order valence-corrected chi connectivity index (χ4v) is 2.85. The molecule has 3 nitrogen and oxygen atoms in total. The van der Waals surface area contributed by atoms with Crippen molar-refractivity contribution in [2.75, 3.05) is 19.0 Å². The molecular weight excluding hydrogens is 308 g/mol. The van der Waals surface area contributed by atoms with Gasteiger partial charge in [0.05, 0.1) is 6.04 Å². The number of hydrogen-bond acceptors (Lipinski definition) is 2. The van der Waals surface area contributed by atoms with Crippen LogP contribution in [-0.4, -0.2) is 20.0 Å². The largest absolute Gasteiger partial charge is 0.378 e. The van der Waals surface area contributed by atoms with Crippen LogP contribution in [0.3, 0.4) is 0 Å². The number of benzene rings is 2. The van der Waals surface area contributed by atoms with Gasteiger partial charge in [-0.15, -0.1) is 0 Å². The van der Waals surface area contributed by atoms with Gasteiger partial charge in [-0.3, -0.25) is 4.79 Å². The highest BCUT2D eigenvalue weighted by Crippen LogP contribution is 2.41. The molecule has 4 heteroatoms. The summed E-state index contributed by atoms with van der Waals surface area (Å²) in [4.78, 5) is 14.6. The molecule has 1 N–H and O–H groups in total. The summed E-state index contributed by atoms with van der Waals surface area (Å²) in [5.41, 5.74) is 2.83. The summed E-state index contributed by atoms with van der Waals surface area (Å²) >= 11 is 5.97. The van der Waals surface area contributed by atoms with Crippen molar-refractivity contribution in [1.29, 1.82) is 0 Å². The summed E-state index contributed by atoms with van der Waals surface area (Å²) in [5.74, 6) is 0.498. The molecule has 0 unspecified atom stereocenters. The third-order valence-electron chi connectivity index (χ3n) is 4.23. The van der Waals surface area contributed by atoms with Crippen molar-refractivity contribution < 1.29 is 4.79 Å². The summed E-state index contributed by atoms with van der Waals surface area (Å²) in [6, 6.07) is 15.5. The molecule has 0 radical (unpaired) electrons. The fourth-order valence-electron chi connectivity index (χ4n) is 2.72. The summed E-state index contributed by atoms with van der Waals surface area (Å²) in [7, 11) is 3.94. The molecular formula is C19H21ClN2O. The van der Waals surface area contributed by atoms with Gasteiger partial charge in [0.1, 0.15) is 0 Å². The monoisotopic (exact) mass is 328 g/mol. The van der Waals surface area contributed by atoms with E-state index in [0.717, 1.165) is 24.1 Å². The normalized spacial score (nSPS) is 15.1. The summed E-state index contributed by atoms with van der Waals surface area (Å²) < 4.78 is 0. The zero-order valence-corrected chi connectivity index (χ0v) is 14.2. The predicted molar refractivity (Wildman–Crippen MR) is 95.2 cm³/mol. The summed E-state index contributed by atoms with van der Waals surface area (Å²) in [6.07, 6.45) is 2.32. The maximum atomic E-state index is 12.6. The number of hydrogen-bond donors (Lipinski definition) is 1. The Morgan fingerprint density at radius 1 is 1.17 bits per heavy atom. The molecule has 0 bridgehead atoms. The number of halogens is 1. The lowest BCUT2D eigenvalue weighted by Gasteiger charge is -2.20. The summed E-state index contributed by atoms with van der Waals surface area (Å²) in [5, 5.41) is 3.91. The van der Waals surface area contributed by atoms with E-state index in [0.29, 0.717) is 16.5 Å². The average molecular weight is 329 g/mol. The van der Waals surface area contributed by atoms with Gasteiger partial charge in [-0.1, -0.05) is 29.8 Å². The smallest absolute Gasteiger partial charge is 0.251 e. The van der Waals surface area contributed by atoms with E-state index in [4.69, 9.17) is 11.6 Å². The number of amides is 1. The van der Waals surface area contributed by atoms with Gasteiger partial charge in [0.15, 0.2) is 0 Å². The molecule has 120 valence electrons. The molecule has 0 saturated heterocycles. The first-order chi connectivity index (χ1) is 11.0. The number of carbonyl (C=O) groups is 1. The molecule has 2 aromatic carbocycles. The predicted octanol–water partition coefficient (Wildman–Crippen LogP) is 4.29. The molecule has 1 aliphatic carbocycles. The average Bonchev–Trinajstić information content (AvgIpc) is 3.38. The Hall–Kier alpha value is -2.00. The van der Waals surface area contributed by atoms with E-state index in [1.807, 2.05) is 67.5 Å². The van der Waals surface area contributed by atoms with E-state index in [-0.39, 0.29) is 11.9 Å². The Kier molecular flexibility index (Phi) is 4.58. The fraction of sp³-hybridized carbons (Fsp3) is 0.316. The van der Waals surface area contributed by atoms with Crippen molar-refractivity contribution in [3.63, 3.8) is 0 Å². The van der Waals surface area contributed by atoms with Crippen LogP contribution < -0.4 is 10.2 Å². The maximum absolute atomic E-state index is 12.6. The van der Waals surface area contributed by atoms with E-state index < -0.39 is 0 Å². The van der Waals surface area contributed by atoms with Gasteiger partial charge < -0.3 is 10.2 Å². The number of rotatable bonds is 5. The molecule has 23 heavy (non-hydrogen) atoms. The Labute approximate surface area is 142 Å². The first-order valence-corrected chi connectivity index (χ1v) is 8.26. The minimum atomic E-state index is -0.0273. The van der Waals surface area contributed by atoms with Crippen molar-refractivity contribution in [3.8, 4) is 0 Å². The molecule has 0 heterocycles. The highest BCUT2D eigenvalue weighted by atomic mass is 35.5. The lowest BCUT2D eigenvalue weighted by molar-refractivity contribution is 0.0931. The van der Waals surface area contributed by atoms with Crippen LogP contribution in [0.2, 0.25) is 5.02 Å². The van der Waals surface area contributed by atoms with E-state index in [2.05, 4.69) is 5.32 Å². The van der Waals surface area contributed by atoms with Gasteiger partial charge in [0, 0.05) is 30.4 Å². The van der Waals surface area contributed by atoms with Gasteiger partial charge >= 0.3 is 0 Å². The highest BCUT2D eigenvalue weighted by Gasteiger charge is 2.33. The molecule has 1 aliphatic rings. The number of carbonyl (C=O) groups excluding carboxylic acids is 1. The molecule has 1 atom stereocenters. The number of nitrogens with one attached hydrogen (secondary N) is 1. The first-order valence-electron chi connectivity index (χ1n) is 7.88. The highest BCUT2D eigenvalue weighted by molar-refractivity contribution is 6.30. The molecule has 0 aliphatic heterocycles. The van der Waals surface area contributed by atoms with Crippen LogP contribution in [0.1, 0.15) is 34.8 Å². The van der Waals surface area contributed by atoms with Crippen molar-refractivity contribution in [2.24, 2.45) is 5.92 Å². The molecule has 2 aromatic rings. The van der Waals surface area contributed by atoms with E-state index in [1.165, 1.54) is 0 Å². The van der Waals surface area contributed by atoms with Crippen molar-refractivity contribution in [2.45, 2.75) is 18.9 Å². The molecule has 3 rings (SSSR count). The van der Waals surface area contributed by atoms with E-state index >= 15 is 0 Å². The van der Waals surface area contributed by atoms with Crippen LogP contribution in [0.4, 0.5) is 5.69 Å². The molecule has 1 fully saturated rings. The lowest BCUT2D eigenvalue weighted by Crippen LogP contribution is -2.30. The topological polar surface area (TPSA) is 32.3 Å². The second-order valence-electron chi connectivity index (χ2n) is 6.28. The number of nitrogens with zero attached hydrogens (tertiary/aromatic N) is 1. The van der Waals surface area contributed by atoms with Gasteiger partial charge in [0.2, 0.25) is 0 Å². The zero-order chi connectivity index (χ0) is 16.4. The maximum Gasteiger partial charge on any atom is 0.251 e. The standard InChI is InChI=1S/C19H21ClN2O/c1-22(2)17-5-3-4-15(12-17)19(23)21-18(13-6-7-13)14-8-10-16(20)11-9-14/h3-5,8-13,18H,6-7H2,1-2H3,(H,21,23)/t18-/m1/s1.